The molecule has 4 heteroatoms. The Morgan fingerprint density at radius 1 is 1.40 bits per heavy atom. The normalized spacial score (nSPS) is 11.7. The van der Waals surface area contributed by atoms with Gasteiger partial charge in [-0.05, 0) is 19.1 Å². The van der Waals surface area contributed by atoms with Crippen molar-refractivity contribution in [3.63, 3.8) is 0 Å². The van der Waals surface area contributed by atoms with E-state index in [-0.39, 0.29) is 12.0 Å². The van der Waals surface area contributed by atoms with Crippen molar-refractivity contribution in [2.45, 2.75) is 13.0 Å². The molecule has 0 aliphatic carbocycles. The largest absolute Gasteiger partial charge is 0.497 e. The molecule has 0 bridgehead atoms. The van der Waals surface area contributed by atoms with Crippen LogP contribution in [0.15, 0.2) is 24.3 Å². The number of nitrogens with one attached hydrogen (secondary N) is 1. The average molecular weight is 209 g/mol. The first-order chi connectivity index (χ1) is 7.17. The Hall–Kier alpha value is -1.71. The van der Waals surface area contributed by atoms with E-state index in [1.54, 1.807) is 14.0 Å². The molecule has 0 aliphatic rings. The Morgan fingerprint density at radius 3 is 2.73 bits per heavy atom. The number of anilines is 1. The van der Waals surface area contributed by atoms with Gasteiger partial charge >= 0.3 is 5.97 Å². The Kier molecular flexibility index (Phi) is 3.97. The van der Waals surface area contributed by atoms with E-state index in [9.17, 15) is 4.79 Å². The van der Waals surface area contributed by atoms with Crippen LogP contribution >= 0.6 is 0 Å². The van der Waals surface area contributed by atoms with Crippen LogP contribution in [-0.2, 0) is 9.53 Å². The molecule has 1 aromatic carbocycles. The van der Waals surface area contributed by atoms with Gasteiger partial charge in [0.2, 0.25) is 0 Å². The number of hydrogen-bond acceptors (Lipinski definition) is 4. The summed E-state index contributed by atoms with van der Waals surface area (Å²) < 4.78 is 9.68. The van der Waals surface area contributed by atoms with Gasteiger partial charge in [-0.15, -0.1) is 0 Å². The van der Waals surface area contributed by atoms with Gasteiger partial charge in [0, 0.05) is 11.8 Å². The summed E-state index contributed by atoms with van der Waals surface area (Å²) in [5.41, 5.74) is 0.826. The smallest absolute Gasteiger partial charge is 0.327 e. The fourth-order valence-electron chi connectivity index (χ4n) is 1.20. The minimum Gasteiger partial charge on any atom is -0.497 e. The highest BCUT2D eigenvalue weighted by molar-refractivity contribution is 5.78. The highest BCUT2D eigenvalue weighted by Crippen LogP contribution is 2.17. The molecule has 1 rings (SSSR count). The maximum absolute atomic E-state index is 11.2. The number of carbonyl (C=O) groups excluding carboxylic acids is 1. The number of carbonyl (C=O) groups is 1. The molecular weight excluding hydrogens is 194 g/mol. The summed E-state index contributed by atoms with van der Waals surface area (Å²) in [5, 5.41) is 3.01. The van der Waals surface area contributed by atoms with Crippen LogP contribution in [0.2, 0.25) is 0 Å². The molecule has 0 spiro atoms. The predicted octanol–water partition coefficient (Wildman–Crippen LogP) is 1.67. The summed E-state index contributed by atoms with van der Waals surface area (Å²) in [6.07, 6.45) is 0. The van der Waals surface area contributed by atoms with Crippen LogP contribution in [0.5, 0.6) is 5.75 Å². The van der Waals surface area contributed by atoms with Crippen molar-refractivity contribution < 1.29 is 14.3 Å². The first kappa shape index (κ1) is 11.4. The third-order valence-electron chi connectivity index (χ3n) is 2.01. The molecule has 82 valence electrons. The fourth-order valence-corrected chi connectivity index (χ4v) is 1.20. The van der Waals surface area contributed by atoms with Gasteiger partial charge in [-0.1, -0.05) is 6.07 Å². The maximum Gasteiger partial charge on any atom is 0.327 e. The zero-order valence-corrected chi connectivity index (χ0v) is 9.11. The minimum atomic E-state index is -0.373. The number of hydrogen-bond donors (Lipinski definition) is 1. The van der Waals surface area contributed by atoms with E-state index in [1.165, 1.54) is 7.11 Å². The molecule has 15 heavy (non-hydrogen) atoms. The Bertz CT molecular complexity index is 338. The molecule has 0 radical (unpaired) electrons. The van der Waals surface area contributed by atoms with E-state index in [2.05, 4.69) is 10.1 Å². The third kappa shape index (κ3) is 3.16. The van der Waals surface area contributed by atoms with Gasteiger partial charge in [-0.3, -0.25) is 0 Å². The summed E-state index contributed by atoms with van der Waals surface area (Å²) in [5.74, 6) is 0.454. The molecular formula is C11H15NO3. The molecule has 0 amide bonds. The zero-order valence-electron chi connectivity index (χ0n) is 9.11. The van der Waals surface area contributed by atoms with Crippen molar-refractivity contribution in [2.75, 3.05) is 19.5 Å². The summed E-state index contributed by atoms with van der Waals surface area (Å²) in [6, 6.07) is 7.00. The lowest BCUT2D eigenvalue weighted by Crippen LogP contribution is -2.27. The fraction of sp³-hybridized carbons (Fsp3) is 0.364. The Balaban J connectivity index is 2.67. The average Bonchev–Trinajstić information content (AvgIpc) is 2.28. The molecule has 4 nitrogen and oxygen atoms in total. The van der Waals surface area contributed by atoms with Crippen molar-refractivity contribution in [3.8, 4) is 5.75 Å². The van der Waals surface area contributed by atoms with Gasteiger partial charge in [0.05, 0.1) is 14.2 Å². The third-order valence-corrected chi connectivity index (χ3v) is 2.01. The minimum absolute atomic E-state index is 0.294. The van der Waals surface area contributed by atoms with Crippen molar-refractivity contribution >= 4 is 11.7 Å². The molecule has 0 fully saturated rings. The SMILES string of the molecule is COC(=O)C(C)Nc1cccc(OC)c1. The lowest BCUT2D eigenvalue weighted by atomic mass is 10.2. The molecule has 0 aliphatic heterocycles. The molecule has 0 aromatic heterocycles. The van der Waals surface area contributed by atoms with Crippen molar-refractivity contribution in [1.29, 1.82) is 0 Å². The molecule has 1 unspecified atom stereocenters. The van der Waals surface area contributed by atoms with Gasteiger partial charge in [-0.25, -0.2) is 4.79 Å². The first-order valence-electron chi connectivity index (χ1n) is 4.65. The van der Waals surface area contributed by atoms with Crippen molar-refractivity contribution in [3.05, 3.63) is 24.3 Å². The van der Waals surface area contributed by atoms with Crippen LogP contribution < -0.4 is 10.1 Å². The summed E-state index contributed by atoms with van der Waals surface area (Å²) >= 11 is 0. The summed E-state index contributed by atoms with van der Waals surface area (Å²) in [7, 11) is 2.97. The Labute approximate surface area is 89.2 Å². The van der Waals surface area contributed by atoms with Crippen LogP contribution in [0.25, 0.3) is 0 Å². The maximum atomic E-state index is 11.2. The molecule has 0 heterocycles. The van der Waals surface area contributed by atoms with E-state index in [1.807, 2.05) is 24.3 Å². The molecule has 0 saturated heterocycles. The van der Waals surface area contributed by atoms with Gasteiger partial charge in [0.1, 0.15) is 11.8 Å². The quantitative estimate of drug-likeness (QED) is 0.766. The summed E-state index contributed by atoms with van der Waals surface area (Å²) in [4.78, 5) is 11.2. The van der Waals surface area contributed by atoms with Gasteiger partial charge in [-0.2, -0.15) is 0 Å². The number of methoxy groups -OCH3 is 2. The number of benzene rings is 1. The van der Waals surface area contributed by atoms with E-state index < -0.39 is 0 Å². The van der Waals surface area contributed by atoms with Crippen molar-refractivity contribution in [1.82, 2.24) is 0 Å². The monoisotopic (exact) mass is 209 g/mol. The van der Waals surface area contributed by atoms with Crippen LogP contribution in [0, 0.1) is 0 Å². The highest BCUT2D eigenvalue weighted by Gasteiger charge is 2.12. The highest BCUT2D eigenvalue weighted by atomic mass is 16.5. The second kappa shape index (κ2) is 5.24. The summed E-state index contributed by atoms with van der Waals surface area (Å²) in [6.45, 7) is 1.74. The van der Waals surface area contributed by atoms with E-state index in [4.69, 9.17) is 4.74 Å². The van der Waals surface area contributed by atoms with E-state index >= 15 is 0 Å². The van der Waals surface area contributed by atoms with Crippen molar-refractivity contribution in [2.24, 2.45) is 0 Å². The molecule has 0 saturated carbocycles. The standard InChI is InChI=1S/C11H15NO3/c1-8(11(13)15-3)12-9-5-4-6-10(7-9)14-2/h4-8,12H,1-3H3. The number of esters is 1. The van der Waals surface area contributed by atoms with Gasteiger partial charge < -0.3 is 14.8 Å². The topological polar surface area (TPSA) is 47.6 Å². The van der Waals surface area contributed by atoms with E-state index in [0.29, 0.717) is 0 Å². The number of rotatable bonds is 4. The molecule has 1 aromatic rings. The lowest BCUT2D eigenvalue weighted by Gasteiger charge is -2.13. The van der Waals surface area contributed by atoms with Gasteiger partial charge in [0.25, 0.3) is 0 Å². The van der Waals surface area contributed by atoms with Gasteiger partial charge in [0.15, 0.2) is 0 Å². The second-order valence-electron chi connectivity index (χ2n) is 3.12. The molecule has 1 atom stereocenters. The van der Waals surface area contributed by atoms with E-state index in [0.717, 1.165) is 11.4 Å². The first-order valence-corrected chi connectivity index (χ1v) is 4.65. The zero-order chi connectivity index (χ0) is 11.3. The van der Waals surface area contributed by atoms with Crippen LogP contribution in [0.3, 0.4) is 0 Å². The number of ether oxygens (including phenoxy) is 2. The predicted molar refractivity (Wildman–Crippen MR) is 58.1 cm³/mol. The Morgan fingerprint density at radius 2 is 2.13 bits per heavy atom. The van der Waals surface area contributed by atoms with Crippen LogP contribution in [-0.4, -0.2) is 26.2 Å². The lowest BCUT2D eigenvalue weighted by molar-refractivity contribution is -0.141. The molecule has 1 N–H and O–H groups in total. The van der Waals surface area contributed by atoms with Crippen LogP contribution in [0.1, 0.15) is 6.92 Å². The second-order valence-corrected chi connectivity index (χ2v) is 3.12. The van der Waals surface area contributed by atoms with Crippen LogP contribution in [0.4, 0.5) is 5.69 Å².